The van der Waals surface area contributed by atoms with Gasteiger partial charge in [0.2, 0.25) is 0 Å². The zero-order chi connectivity index (χ0) is 17.4. The number of carbonyl (C=O) groups excluding carboxylic acids is 1. The van der Waals surface area contributed by atoms with Gasteiger partial charge >= 0.3 is 0 Å². The molecule has 0 radical (unpaired) electrons. The van der Waals surface area contributed by atoms with Crippen LogP contribution in [0.3, 0.4) is 0 Å². The van der Waals surface area contributed by atoms with Crippen molar-refractivity contribution in [2.45, 2.75) is 26.7 Å². The van der Waals surface area contributed by atoms with Gasteiger partial charge in [-0.15, -0.1) is 0 Å². The van der Waals surface area contributed by atoms with Crippen molar-refractivity contribution in [2.75, 3.05) is 18.5 Å². The molecule has 2 aromatic rings. The number of amides is 1. The molecule has 4 nitrogen and oxygen atoms in total. The van der Waals surface area contributed by atoms with Crippen molar-refractivity contribution in [3.05, 3.63) is 53.8 Å². The molecule has 0 fully saturated rings. The van der Waals surface area contributed by atoms with Crippen LogP contribution in [0.15, 0.2) is 42.5 Å². The van der Waals surface area contributed by atoms with Crippen molar-refractivity contribution in [3.63, 3.8) is 0 Å². The molecule has 0 bridgehead atoms. The topological polar surface area (TPSA) is 47.6 Å². The van der Waals surface area contributed by atoms with Crippen LogP contribution in [0.1, 0.15) is 37.0 Å². The number of benzene rings is 2. The Morgan fingerprint density at radius 3 is 2.46 bits per heavy atom. The van der Waals surface area contributed by atoms with Gasteiger partial charge in [-0.1, -0.05) is 13.3 Å². The van der Waals surface area contributed by atoms with Crippen LogP contribution in [0.5, 0.6) is 11.5 Å². The van der Waals surface area contributed by atoms with Crippen molar-refractivity contribution in [1.29, 1.82) is 0 Å². The molecule has 1 N–H and O–H groups in total. The van der Waals surface area contributed by atoms with Crippen LogP contribution in [-0.4, -0.2) is 19.1 Å². The fraction of sp³-hybridized carbons (Fsp3) is 0.316. The first-order valence-corrected chi connectivity index (χ1v) is 8.10. The summed E-state index contributed by atoms with van der Waals surface area (Å²) in [5.41, 5.74) is 0.980. The summed E-state index contributed by atoms with van der Waals surface area (Å²) in [7, 11) is 0. The molecule has 2 aromatic carbocycles. The number of nitrogens with one attached hydrogen (secondary N) is 1. The molecule has 1 amide bonds. The molecular weight excluding hydrogens is 309 g/mol. The van der Waals surface area contributed by atoms with Crippen LogP contribution < -0.4 is 14.8 Å². The van der Waals surface area contributed by atoms with E-state index in [4.69, 9.17) is 9.47 Å². The molecule has 0 saturated heterocycles. The Morgan fingerprint density at radius 2 is 1.79 bits per heavy atom. The normalized spacial score (nSPS) is 10.3. The summed E-state index contributed by atoms with van der Waals surface area (Å²) < 4.78 is 24.2. The van der Waals surface area contributed by atoms with Crippen LogP contribution >= 0.6 is 0 Å². The van der Waals surface area contributed by atoms with E-state index < -0.39 is 0 Å². The molecule has 0 spiro atoms. The third-order valence-corrected chi connectivity index (χ3v) is 3.36. The highest BCUT2D eigenvalue weighted by Crippen LogP contribution is 2.29. The van der Waals surface area contributed by atoms with Crippen molar-refractivity contribution in [1.82, 2.24) is 0 Å². The first-order chi connectivity index (χ1) is 11.6. The van der Waals surface area contributed by atoms with Crippen molar-refractivity contribution >= 4 is 11.6 Å². The lowest BCUT2D eigenvalue weighted by Gasteiger charge is -2.13. The zero-order valence-corrected chi connectivity index (χ0v) is 14.0. The zero-order valence-electron chi connectivity index (χ0n) is 14.0. The minimum atomic E-state index is -0.347. The van der Waals surface area contributed by atoms with E-state index in [-0.39, 0.29) is 11.7 Å². The lowest BCUT2D eigenvalue weighted by Crippen LogP contribution is -2.12. The number of rotatable bonds is 8. The van der Waals surface area contributed by atoms with Gasteiger partial charge < -0.3 is 14.8 Å². The van der Waals surface area contributed by atoms with Crippen molar-refractivity contribution in [2.24, 2.45) is 0 Å². The fourth-order valence-electron chi connectivity index (χ4n) is 2.10. The highest BCUT2D eigenvalue weighted by atomic mass is 19.1. The second-order valence-corrected chi connectivity index (χ2v) is 5.26. The standard InChI is InChI=1S/C19H22FNO3/c1-3-5-12-24-17-11-6-14(13-18(17)23-4-2)19(22)21-16-9-7-15(20)8-10-16/h6-11,13H,3-5,12H2,1-2H3,(H,21,22). The molecule has 0 unspecified atom stereocenters. The third-order valence-electron chi connectivity index (χ3n) is 3.36. The molecule has 128 valence electrons. The molecule has 0 atom stereocenters. The van der Waals surface area contributed by atoms with Gasteiger partial charge in [0.1, 0.15) is 5.82 Å². The molecule has 5 heteroatoms. The number of unbranched alkanes of at least 4 members (excludes halogenated alkanes) is 1. The van der Waals surface area contributed by atoms with Gasteiger partial charge in [-0.25, -0.2) is 4.39 Å². The Labute approximate surface area is 141 Å². The fourth-order valence-corrected chi connectivity index (χ4v) is 2.10. The molecule has 0 saturated carbocycles. The number of hydrogen-bond acceptors (Lipinski definition) is 3. The average Bonchev–Trinajstić information content (AvgIpc) is 2.58. The minimum absolute atomic E-state index is 0.289. The number of anilines is 1. The molecule has 0 aliphatic heterocycles. The van der Waals surface area contributed by atoms with Gasteiger partial charge in [0.05, 0.1) is 13.2 Å². The second-order valence-electron chi connectivity index (χ2n) is 5.26. The molecule has 24 heavy (non-hydrogen) atoms. The van der Waals surface area contributed by atoms with Crippen LogP contribution in [0, 0.1) is 5.82 Å². The first kappa shape index (κ1) is 17.8. The smallest absolute Gasteiger partial charge is 0.255 e. The van der Waals surface area contributed by atoms with Crippen LogP contribution in [0.25, 0.3) is 0 Å². The summed E-state index contributed by atoms with van der Waals surface area (Å²) in [6, 6.07) is 10.7. The summed E-state index contributed by atoms with van der Waals surface area (Å²) in [6.45, 7) is 5.06. The Morgan fingerprint density at radius 1 is 1.04 bits per heavy atom. The van der Waals surface area contributed by atoms with Crippen LogP contribution in [0.2, 0.25) is 0 Å². The van der Waals surface area contributed by atoms with Crippen molar-refractivity contribution in [3.8, 4) is 11.5 Å². The predicted octanol–water partition coefficient (Wildman–Crippen LogP) is 4.66. The van der Waals surface area contributed by atoms with Gasteiger partial charge in [-0.3, -0.25) is 4.79 Å². The maximum absolute atomic E-state index is 12.9. The predicted molar refractivity (Wildman–Crippen MR) is 92.4 cm³/mol. The third kappa shape index (κ3) is 4.98. The van der Waals surface area contributed by atoms with E-state index in [1.165, 1.54) is 24.3 Å². The van der Waals surface area contributed by atoms with E-state index in [0.717, 1.165) is 12.8 Å². The lowest BCUT2D eigenvalue weighted by atomic mass is 10.1. The van der Waals surface area contributed by atoms with Gasteiger partial charge in [0, 0.05) is 11.3 Å². The summed E-state index contributed by atoms with van der Waals surface area (Å²) in [4.78, 5) is 12.3. The van der Waals surface area contributed by atoms with Crippen LogP contribution in [0.4, 0.5) is 10.1 Å². The molecule has 2 rings (SSSR count). The lowest BCUT2D eigenvalue weighted by molar-refractivity contribution is 0.102. The second kappa shape index (κ2) is 8.91. The highest BCUT2D eigenvalue weighted by molar-refractivity contribution is 6.04. The Balaban J connectivity index is 2.12. The van der Waals surface area contributed by atoms with Gasteiger partial charge in [0.15, 0.2) is 11.5 Å². The van der Waals surface area contributed by atoms with Crippen LogP contribution in [-0.2, 0) is 0 Å². The average molecular weight is 331 g/mol. The molecule has 0 aliphatic rings. The maximum atomic E-state index is 12.9. The number of halogens is 1. The van der Waals surface area contributed by atoms with Gasteiger partial charge in [0.25, 0.3) is 5.91 Å². The number of carbonyl (C=O) groups is 1. The molecule has 0 heterocycles. The monoisotopic (exact) mass is 331 g/mol. The Bertz CT molecular complexity index is 671. The van der Waals surface area contributed by atoms with Gasteiger partial charge in [-0.2, -0.15) is 0 Å². The Hall–Kier alpha value is -2.56. The molecule has 0 aromatic heterocycles. The van der Waals surface area contributed by atoms with E-state index in [1.54, 1.807) is 18.2 Å². The van der Waals surface area contributed by atoms with E-state index in [0.29, 0.717) is 36.0 Å². The number of hydrogen-bond donors (Lipinski definition) is 1. The molecular formula is C19H22FNO3. The van der Waals surface area contributed by atoms with E-state index in [9.17, 15) is 9.18 Å². The van der Waals surface area contributed by atoms with Gasteiger partial charge in [-0.05, 0) is 55.8 Å². The summed E-state index contributed by atoms with van der Waals surface area (Å²) in [5, 5.41) is 2.72. The van der Waals surface area contributed by atoms with E-state index in [2.05, 4.69) is 12.2 Å². The summed E-state index contributed by atoms with van der Waals surface area (Å²) in [5.74, 6) is 0.534. The summed E-state index contributed by atoms with van der Waals surface area (Å²) in [6.07, 6.45) is 2.00. The maximum Gasteiger partial charge on any atom is 0.255 e. The Kier molecular flexibility index (Phi) is 6.61. The summed E-state index contributed by atoms with van der Waals surface area (Å²) >= 11 is 0. The SMILES string of the molecule is CCCCOc1ccc(C(=O)Nc2ccc(F)cc2)cc1OCC. The van der Waals surface area contributed by atoms with Crippen molar-refractivity contribution < 1.29 is 18.7 Å². The highest BCUT2D eigenvalue weighted by Gasteiger charge is 2.12. The number of ether oxygens (including phenoxy) is 2. The first-order valence-electron chi connectivity index (χ1n) is 8.10. The largest absolute Gasteiger partial charge is 0.490 e. The van der Waals surface area contributed by atoms with E-state index in [1.807, 2.05) is 6.92 Å². The quantitative estimate of drug-likeness (QED) is 0.716. The minimum Gasteiger partial charge on any atom is -0.490 e. The van der Waals surface area contributed by atoms with E-state index >= 15 is 0 Å². The molecule has 0 aliphatic carbocycles.